The largest absolute Gasteiger partial charge is 0.462 e. The summed E-state index contributed by atoms with van der Waals surface area (Å²) in [6.07, 6.45) is 1.27. The van der Waals surface area contributed by atoms with Gasteiger partial charge in [-0.05, 0) is 36.8 Å². The van der Waals surface area contributed by atoms with E-state index in [1.807, 2.05) is 51.1 Å². The standard InChI is InChI=1S/C25H28N2O5S/c1-5-32-22(30)16-13-18(15-9-7-6-8-10-15)33-20(16)26-19(28)14-27-21(29)17-11-12-25(4,23(27)31)24(17,2)3/h6-10,13,17H,5,11-12,14H2,1-4H3,(H,26,28). The molecule has 1 aromatic heterocycles. The third-order valence-corrected chi connectivity index (χ3v) is 8.45. The second kappa shape index (κ2) is 8.41. The molecule has 1 aliphatic carbocycles. The van der Waals surface area contributed by atoms with E-state index in [-0.39, 0.29) is 36.4 Å². The van der Waals surface area contributed by atoms with Gasteiger partial charge in [0, 0.05) is 10.8 Å². The Hall–Kier alpha value is -3.00. The van der Waals surface area contributed by atoms with E-state index in [1.165, 1.54) is 11.3 Å². The number of rotatable bonds is 6. The highest BCUT2D eigenvalue weighted by Crippen LogP contribution is 2.60. The fourth-order valence-corrected chi connectivity index (χ4v) is 6.02. The number of thiophene rings is 1. The fraction of sp³-hybridized carbons (Fsp3) is 0.440. The third kappa shape index (κ3) is 3.76. The number of amides is 3. The van der Waals surface area contributed by atoms with Gasteiger partial charge in [-0.25, -0.2) is 4.79 Å². The highest BCUT2D eigenvalue weighted by atomic mass is 32.1. The number of esters is 1. The molecule has 1 N–H and O–H groups in total. The second-order valence-corrected chi connectivity index (χ2v) is 10.4. The second-order valence-electron chi connectivity index (χ2n) is 9.36. The van der Waals surface area contributed by atoms with Crippen molar-refractivity contribution in [1.82, 2.24) is 4.90 Å². The summed E-state index contributed by atoms with van der Waals surface area (Å²) in [6.45, 7) is 7.35. The lowest BCUT2D eigenvalue weighted by atomic mass is 9.62. The molecule has 4 rings (SSSR count). The minimum atomic E-state index is -0.675. The van der Waals surface area contributed by atoms with Gasteiger partial charge in [0.15, 0.2) is 0 Å². The average molecular weight is 469 g/mol. The average Bonchev–Trinajstić information content (AvgIpc) is 3.27. The molecular weight excluding hydrogens is 440 g/mol. The van der Waals surface area contributed by atoms with Crippen LogP contribution in [-0.4, -0.2) is 41.7 Å². The summed E-state index contributed by atoms with van der Waals surface area (Å²) in [6, 6.07) is 11.2. The first-order valence-electron chi connectivity index (χ1n) is 11.1. The highest BCUT2D eigenvalue weighted by Gasteiger charge is 2.64. The van der Waals surface area contributed by atoms with Crippen LogP contribution in [0.25, 0.3) is 10.4 Å². The summed E-state index contributed by atoms with van der Waals surface area (Å²) in [5, 5.41) is 3.08. The van der Waals surface area contributed by atoms with Crippen molar-refractivity contribution < 1.29 is 23.9 Å². The monoisotopic (exact) mass is 468 g/mol. The lowest BCUT2D eigenvalue weighted by Crippen LogP contribution is -2.60. The molecular formula is C25H28N2O5S. The summed E-state index contributed by atoms with van der Waals surface area (Å²) in [4.78, 5) is 53.6. The Morgan fingerprint density at radius 1 is 1.18 bits per heavy atom. The summed E-state index contributed by atoms with van der Waals surface area (Å²) >= 11 is 1.25. The number of nitrogens with one attached hydrogen (secondary N) is 1. The zero-order chi connectivity index (χ0) is 24.0. The van der Waals surface area contributed by atoms with E-state index in [0.717, 1.165) is 15.3 Å². The van der Waals surface area contributed by atoms with Gasteiger partial charge < -0.3 is 10.1 Å². The van der Waals surface area contributed by atoms with Crippen LogP contribution in [0, 0.1) is 16.7 Å². The number of piperidine rings is 1. The molecule has 33 heavy (non-hydrogen) atoms. The van der Waals surface area contributed by atoms with Crippen LogP contribution < -0.4 is 5.32 Å². The number of likely N-dealkylation sites (tertiary alicyclic amines) is 1. The van der Waals surface area contributed by atoms with Crippen molar-refractivity contribution >= 4 is 40.0 Å². The predicted octanol–water partition coefficient (Wildman–Crippen LogP) is 4.34. The Bertz CT molecular complexity index is 1120. The number of benzene rings is 1. The van der Waals surface area contributed by atoms with Crippen molar-refractivity contribution in [2.24, 2.45) is 16.7 Å². The first kappa shape index (κ1) is 23.2. The molecule has 8 heteroatoms. The summed E-state index contributed by atoms with van der Waals surface area (Å²) in [5.41, 5.74) is 0.0368. The van der Waals surface area contributed by atoms with Crippen molar-refractivity contribution in [2.45, 2.75) is 40.5 Å². The van der Waals surface area contributed by atoms with Gasteiger partial charge in [-0.1, -0.05) is 51.1 Å². The number of imide groups is 1. The van der Waals surface area contributed by atoms with E-state index in [0.29, 0.717) is 17.8 Å². The van der Waals surface area contributed by atoms with Crippen molar-refractivity contribution in [3.8, 4) is 10.4 Å². The van der Waals surface area contributed by atoms with E-state index >= 15 is 0 Å². The molecule has 0 radical (unpaired) electrons. The molecule has 1 aliphatic heterocycles. The Labute approximate surface area is 197 Å². The van der Waals surface area contributed by atoms with Crippen LogP contribution in [0.1, 0.15) is 50.9 Å². The fourth-order valence-electron chi connectivity index (χ4n) is 4.95. The number of nitrogens with zero attached hydrogens (tertiary/aromatic N) is 1. The maximum atomic E-state index is 13.2. The number of hydrogen-bond donors (Lipinski definition) is 1. The molecule has 2 aliphatic rings. The topological polar surface area (TPSA) is 92.8 Å². The summed E-state index contributed by atoms with van der Waals surface area (Å²) in [7, 11) is 0. The number of carbonyl (C=O) groups excluding carboxylic acids is 4. The minimum Gasteiger partial charge on any atom is -0.462 e. The summed E-state index contributed by atoms with van der Waals surface area (Å²) < 4.78 is 5.15. The molecule has 2 unspecified atom stereocenters. The molecule has 1 aromatic carbocycles. The third-order valence-electron chi connectivity index (χ3n) is 7.35. The molecule has 2 heterocycles. The van der Waals surface area contributed by atoms with Crippen LogP contribution in [0.15, 0.2) is 36.4 Å². The zero-order valence-corrected chi connectivity index (χ0v) is 20.1. The minimum absolute atomic E-state index is 0.204. The molecule has 2 atom stereocenters. The highest BCUT2D eigenvalue weighted by molar-refractivity contribution is 7.20. The maximum absolute atomic E-state index is 13.2. The smallest absolute Gasteiger partial charge is 0.341 e. The first-order chi connectivity index (χ1) is 15.6. The first-order valence-corrected chi connectivity index (χ1v) is 11.9. The van der Waals surface area contributed by atoms with Gasteiger partial charge in [-0.2, -0.15) is 0 Å². The Kier molecular flexibility index (Phi) is 5.90. The van der Waals surface area contributed by atoms with Crippen LogP contribution in [0.5, 0.6) is 0 Å². The van der Waals surface area contributed by atoms with Crippen LogP contribution in [0.2, 0.25) is 0 Å². The van der Waals surface area contributed by atoms with Crippen LogP contribution in [-0.2, 0) is 19.1 Å². The van der Waals surface area contributed by atoms with Gasteiger partial charge in [0.05, 0.1) is 17.6 Å². The van der Waals surface area contributed by atoms with E-state index in [2.05, 4.69) is 5.32 Å². The number of ether oxygens (including phenoxy) is 1. The lowest BCUT2D eigenvalue weighted by Gasteiger charge is -2.47. The molecule has 3 amide bonds. The Morgan fingerprint density at radius 3 is 2.55 bits per heavy atom. The molecule has 174 valence electrons. The van der Waals surface area contributed by atoms with E-state index in [1.54, 1.807) is 13.0 Å². The van der Waals surface area contributed by atoms with Gasteiger partial charge in [0.1, 0.15) is 11.5 Å². The van der Waals surface area contributed by atoms with E-state index < -0.39 is 22.7 Å². The summed E-state index contributed by atoms with van der Waals surface area (Å²) in [5.74, 6) is -1.94. The van der Waals surface area contributed by atoms with Crippen LogP contribution in [0.4, 0.5) is 5.00 Å². The van der Waals surface area contributed by atoms with Crippen molar-refractivity contribution in [3.63, 3.8) is 0 Å². The van der Waals surface area contributed by atoms with Gasteiger partial charge in [0.2, 0.25) is 17.7 Å². The van der Waals surface area contributed by atoms with Gasteiger partial charge in [0.25, 0.3) is 0 Å². The maximum Gasteiger partial charge on any atom is 0.341 e. The molecule has 7 nitrogen and oxygen atoms in total. The Balaban J connectivity index is 1.57. The quantitative estimate of drug-likeness (QED) is 0.503. The van der Waals surface area contributed by atoms with Crippen molar-refractivity contribution in [1.29, 1.82) is 0 Å². The van der Waals surface area contributed by atoms with Crippen LogP contribution >= 0.6 is 11.3 Å². The van der Waals surface area contributed by atoms with E-state index in [4.69, 9.17) is 4.74 Å². The van der Waals surface area contributed by atoms with Gasteiger partial charge in [-0.15, -0.1) is 11.3 Å². The molecule has 2 fully saturated rings. The van der Waals surface area contributed by atoms with Gasteiger partial charge >= 0.3 is 5.97 Å². The Morgan fingerprint density at radius 2 is 1.88 bits per heavy atom. The molecule has 1 saturated heterocycles. The van der Waals surface area contributed by atoms with E-state index in [9.17, 15) is 19.2 Å². The predicted molar refractivity (Wildman–Crippen MR) is 126 cm³/mol. The molecule has 2 bridgehead atoms. The van der Waals surface area contributed by atoms with Crippen molar-refractivity contribution in [2.75, 3.05) is 18.5 Å². The lowest BCUT2D eigenvalue weighted by molar-refractivity contribution is -0.168. The molecule has 0 spiro atoms. The SMILES string of the molecule is CCOC(=O)c1cc(-c2ccccc2)sc1NC(=O)CN1C(=O)C2CCC(C)(C1=O)C2(C)C. The molecule has 2 aromatic rings. The van der Waals surface area contributed by atoms with Gasteiger partial charge in [-0.3, -0.25) is 19.3 Å². The zero-order valence-electron chi connectivity index (χ0n) is 19.3. The number of anilines is 1. The number of hydrogen-bond acceptors (Lipinski definition) is 6. The van der Waals surface area contributed by atoms with Crippen molar-refractivity contribution in [3.05, 3.63) is 42.0 Å². The number of fused-ring (bicyclic) bond motifs is 2. The number of carbonyl (C=O) groups is 4. The molecule has 1 saturated carbocycles. The normalized spacial score (nSPS) is 23.5. The van der Waals surface area contributed by atoms with Crippen LogP contribution in [0.3, 0.4) is 0 Å².